The van der Waals surface area contributed by atoms with Gasteiger partial charge in [0.25, 0.3) is 0 Å². The molecule has 0 bridgehead atoms. The minimum absolute atomic E-state index is 0.0197. The van der Waals surface area contributed by atoms with Crippen LogP contribution < -0.4 is 10.1 Å². The third-order valence-corrected chi connectivity index (χ3v) is 4.30. The number of para-hydroxylation sites is 1. The van der Waals surface area contributed by atoms with E-state index in [0.29, 0.717) is 19.4 Å². The Bertz CT molecular complexity index is 711. The van der Waals surface area contributed by atoms with Gasteiger partial charge in [-0.3, -0.25) is 4.79 Å². The second-order valence-electron chi connectivity index (χ2n) is 6.24. The number of hydrogen-bond acceptors (Lipinski definition) is 4. The number of ether oxygens (including phenoxy) is 1. The number of hydrogen-bond donors (Lipinski definition) is 1. The number of amides is 1. The van der Waals surface area contributed by atoms with Crippen LogP contribution in [0.25, 0.3) is 0 Å². The van der Waals surface area contributed by atoms with Crippen LogP contribution in [0.2, 0.25) is 0 Å². The first kappa shape index (κ1) is 16.5. The molecule has 1 aliphatic rings. The Balaban J connectivity index is 1.42. The lowest BCUT2D eigenvalue weighted by molar-refractivity contribution is -0.122. The van der Waals surface area contributed by atoms with Gasteiger partial charge in [0.1, 0.15) is 11.6 Å². The second kappa shape index (κ2) is 7.47. The van der Waals surface area contributed by atoms with Gasteiger partial charge in [-0.15, -0.1) is 10.2 Å². The van der Waals surface area contributed by atoms with Crippen LogP contribution in [-0.4, -0.2) is 27.3 Å². The van der Waals surface area contributed by atoms with Crippen LogP contribution in [0.15, 0.2) is 24.3 Å². The summed E-state index contributed by atoms with van der Waals surface area (Å²) in [6, 6.07) is 7.78. The highest BCUT2D eigenvalue weighted by molar-refractivity contribution is 5.76. The van der Waals surface area contributed by atoms with Crippen molar-refractivity contribution < 1.29 is 9.53 Å². The SMILES string of the molecule is Cc1ccccc1OCCCC(=O)N[C@H](C)c1nnc2n1CCC2. The fraction of sp³-hybridized carbons (Fsp3) is 0.500. The number of benzene rings is 1. The molecule has 2 heterocycles. The predicted molar refractivity (Wildman–Crippen MR) is 90.8 cm³/mol. The van der Waals surface area contributed by atoms with Crippen molar-refractivity contribution in [2.75, 3.05) is 6.61 Å². The van der Waals surface area contributed by atoms with Gasteiger partial charge in [0.15, 0.2) is 5.82 Å². The molecule has 128 valence electrons. The molecule has 0 saturated carbocycles. The summed E-state index contributed by atoms with van der Waals surface area (Å²) in [6.07, 6.45) is 3.21. The number of aromatic nitrogens is 3. The first-order chi connectivity index (χ1) is 11.6. The van der Waals surface area contributed by atoms with Gasteiger partial charge in [-0.1, -0.05) is 18.2 Å². The molecule has 24 heavy (non-hydrogen) atoms. The molecule has 0 saturated heterocycles. The monoisotopic (exact) mass is 328 g/mol. The quantitative estimate of drug-likeness (QED) is 0.793. The topological polar surface area (TPSA) is 69.0 Å². The summed E-state index contributed by atoms with van der Waals surface area (Å²) in [7, 11) is 0. The molecule has 0 unspecified atom stereocenters. The molecule has 3 rings (SSSR count). The highest BCUT2D eigenvalue weighted by Gasteiger charge is 2.22. The van der Waals surface area contributed by atoms with Gasteiger partial charge in [0.05, 0.1) is 12.6 Å². The van der Waals surface area contributed by atoms with Crippen molar-refractivity contribution in [3.8, 4) is 5.75 Å². The summed E-state index contributed by atoms with van der Waals surface area (Å²) < 4.78 is 7.84. The molecule has 0 spiro atoms. The maximum absolute atomic E-state index is 12.1. The maximum atomic E-state index is 12.1. The summed E-state index contributed by atoms with van der Waals surface area (Å²) in [6.45, 7) is 5.45. The van der Waals surface area contributed by atoms with E-state index < -0.39 is 0 Å². The Kier molecular flexibility index (Phi) is 5.13. The Morgan fingerprint density at radius 2 is 2.21 bits per heavy atom. The van der Waals surface area contributed by atoms with E-state index in [-0.39, 0.29) is 11.9 Å². The van der Waals surface area contributed by atoms with Crippen molar-refractivity contribution in [1.29, 1.82) is 0 Å². The first-order valence-corrected chi connectivity index (χ1v) is 8.55. The molecule has 1 amide bonds. The molecule has 1 aromatic heterocycles. The van der Waals surface area contributed by atoms with E-state index in [1.807, 2.05) is 38.1 Å². The Morgan fingerprint density at radius 3 is 3.04 bits per heavy atom. The fourth-order valence-corrected chi connectivity index (χ4v) is 3.00. The third kappa shape index (κ3) is 3.75. The van der Waals surface area contributed by atoms with Crippen molar-refractivity contribution in [3.05, 3.63) is 41.5 Å². The molecule has 1 atom stereocenters. The molecule has 1 aromatic carbocycles. The minimum atomic E-state index is -0.117. The summed E-state index contributed by atoms with van der Waals surface area (Å²) in [5.41, 5.74) is 1.11. The first-order valence-electron chi connectivity index (χ1n) is 8.55. The van der Waals surface area contributed by atoms with E-state index in [1.165, 1.54) is 0 Å². The van der Waals surface area contributed by atoms with Gasteiger partial charge in [-0.25, -0.2) is 0 Å². The summed E-state index contributed by atoms with van der Waals surface area (Å²) in [5, 5.41) is 11.4. The van der Waals surface area contributed by atoms with E-state index in [1.54, 1.807) is 0 Å². The van der Waals surface area contributed by atoms with Crippen LogP contribution in [0.4, 0.5) is 0 Å². The van der Waals surface area contributed by atoms with Crippen molar-refractivity contribution in [2.45, 2.75) is 52.1 Å². The zero-order valence-corrected chi connectivity index (χ0v) is 14.3. The molecule has 1 N–H and O–H groups in total. The lowest BCUT2D eigenvalue weighted by Crippen LogP contribution is -2.28. The summed E-state index contributed by atoms with van der Waals surface area (Å²) >= 11 is 0. The molecule has 1 aliphatic heterocycles. The molecule has 0 aliphatic carbocycles. The van der Waals surface area contributed by atoms with Crippen LogP contribution in [0, 0.1) is 6.92 Å². The molecular weight excluding hydrogens is 304 g/mol. The molecule has 0 fully saturated rings. The second-order valence-corrected chi connectivity index (χ2v) is 6.24. The molecule has 0 radical (unpaired) electrons. The van der Waals surface area contributed by atoms with Gasteiger partial charge in [0.2, 0.25) is 5.91 Å². The number of carbonyl (C=O) groups is 1. The van der Waals surface area contributed by atoms with Gasteiger partial charge in [-0.2, -0.15) is 0 Å². The fourth-order valence-electron chi connectivity index (χ4n) is 3.00. The van der Waals surface area contributed by atoms with Gasteiger partial charge in [0, 0.05) is 19.4 Å². The van der Waals surface area contributed by atoms with E-state index in [0.717, 1.165) is 42.3 Å². The number of aryl methyl sites for hydroxylation is 2. The van der Waals surface area contributed by atoms with E-state index >= 15 is 0 Å². The number of rotatable bonds is 7. The molecule has 2 aromatic rings. The highest BCUT2D eigenvalue weighted by Crippen LogP contribution is 2.19. The molecular formula is C18H24N4O2. The zero-order chi connectivity index (χ0) is 16.9. The number of fused-ring (bicyclic) bond motifs is 1. The van der Waals surface area contributed by atoms with E-state index in [2.05, 4.69) is 20.1 Å². The summed E-state index contributed by atoms with van der Waals surface area (Å²) in [5.74, 6) is 2.78. The molecule has 6 nitrogen and oxygen atoms in total. The van der Waals surface area contributed by atoms with Gasteiger partial charge >= 0.3 is 0 Å². The zero-order valence-electron chi connectivity index (χ0n) is 14.3. The van der Waals surface area contributed by atoms with Crippen LogP contribution in [-0.2, 0) is 17.8 Å². The summed E-state index contributed by atoms with van der Waals surface area (Å²) in [4.78, 5) is 12.1. The standard InChI is InChI=1S/C18H24N4O2/c1-13-7-3-4-8-15(13)24-12-6-10-17(23)19-14(2)18-21-20-16-9-5-11-22(16)18/h3-4,7-8,14H,5-6,9-12H2,1-2H3,(H,19,23)/t14-/m1/s1. The Labute approximate surface area is 142 Å². The van der Waals surface area contributed by atoms with Crippen molar-refractivity contribution >= 4 is 5.91 Å². The van der Waals surface area contributed by atoms with Gasteiger partial charge in [-0.05, 0) is 38.3 Å². The highest BCUT2D eigenvalue weighted by atomic mass is 16.5. The average molecular weight is 328 g/mol. The lowest BCUT2D eigenvalue weighted by atomic mass is 10.2. The number of nitrogens with zero attached hydrogens (tertiary/aromatic N) is 3. The van der Waals surface area contributed by atoms with Crippen LogP contribution >= 0.6 is 0 Å². The smallest absolute Gasteiger partial charge is 0.220 e. The van der Waals surface area contributed by atoms with Crippen molar-refractivity contribution in [2.24, 2.45) is 0 Å². The average Bonchev–Trinajstić information content (AvgIpc) is 3.16. The van der Waals surface area contributed by atoms with Crippen LogP contribution in [0.5, 0.6) is 5.75 Å². The maximum Gasteiger partial charge on any atom is 0.220 e. The normalized spacial score (nSPS) is 14.2. The van der Waals surface area contributed by atoms with Crippen molar-refractivity contribution in [3.63, 3.8) is 0 Å². The van der Waals surface area contributed by atoms with Crippen LogP contribution in [0.3, 0.4) is 0 Å². The van der Waals surface area contributed by atoms with Crippen molar-refractivity contribution in [1.82, 2.24) is 20.1 Å². The Hall–Kier alpha value is -2.37. The molecule has 6 heteroatoms. The lowest BCUT2D eigenvalue weighted by Gasteiger charge is -2.14. The minimum Gasteiger partial charge on any atom is -0.493 e. The van der Waals surface area contributed by atoms with Gasteiger partial charge < -0.3 is 14.6 Å². The van der Waals surface area contributed by atoms with Crippen LogP contribution in [0.1, 0.15) is 49.4 Å². The predicted octanol–water partition coefficient (Wildman–Crippen LogP) is 2.57. The Morgan fingerprint density at radius 1 is 1.38 bits per heavy atom. The third-order valence-electron chi connectivity index (χ3n) is 4.30. The largest absolute Gasteiger partial charge is 0.493 e. The van der Waals surface area contributed by atoms with E-state index in [4.69, 9.17) is 4.74 Å². The van der Waals surface area contributed by atoms with E-state index in [9.17, 15) is 4.79 Å². The number of nitrogens with one attached hydrogen (secondary N) is 1. The number of carbonyl (C=O) groups excluding carboxylic acids is 1.